The van der Waals surface area contributed by atoms with Crippen LogP contribution in [0.4, 0.5) is 5.13 Å². The van der Waals surface area contributed by atoms with Gasteiger partial charge in [0, 0.05) is 10.3 Å². The number of esters is 1. The Morgan fingerprint density at radius 2 is 2.19 bits per heavy atom. The van der Waals surface area contributed by atoms with Crippen LogP contribution in [-0.2, 0) is 9.53 Å². The number of nitrogen functional groups attached to an aromatic ring is 1. The van der Waals surface area contributed by atoms with Gasteiger partial charge in [0.2, 0.25) is 5.71 Å². The number of carbonyl (C=O) groups is 1. The molecule has 21 heavy (non-hydrogen) atoms. The number of nitrogens with zero attached hydrogens (tertiary/aromatic N) is 2. The number of carbonyl (C=O) groups excluding carboxylic acids is 1. The number of ether oxygens (including phenoxy) is 1. The highest BCUT2D eigenvalue weighted by molar-refractivity contribution is 7.99. The Labute approximate surface area is 129 Å². The van der Waals surface area contributed by atoms with Crippen LogP contribution in [0, 0.1) is 0 Å². The van der Waals surface area contributed by atoms with Crippen molar-refractivity contribution in [3.63, 3.8) is 0 Å². The summed E-state index contributed by atoms with van der Waals surface area (Å²) in [5, 5.41) is 13.7. The summed E-state index contributed by atoms with van der Waals surface area (Å²) < 4.78 is 5.23. The summed E-state index contributed by atoms with van der Waals surface area (Å²) in [5.41, 5.74) is 4.99. The molecule has 2 aromatic rings. The van der Waals surface area contributed by atoms with Crippen LogP contribution in [0.1, 0.15) is 12.6 Å². The average molecular weight is 323 g/mol. The van der Waals surface area contributed by atoms with Gasteiger partial charge in [-0.25, -0.2) is 9.78 Å². The van der Waals surface area contributed by atoms with Crippen molar-refractivity contribution in [3.8, 4) is 0 Å². The van der Waals surface area contributed by atoms with Crippen LogP contribution in [0.5, 0.6) is 0 Å². The second-order valence-electron chi connectivity index (χ2n) is 3.92. The van der Waals surface area contributed by atoms with E-state index in [0.717, 1.165) is 16.2 Å². The maximum Gasteiger partial charge on any atom is 0.363 e. The molecule has 2 rings (SSSR count). The van der Waals surface area contributed by atoms with Gasteiger partial charge in [-0.2, -0.15) is 0 Å². The molecular weight excluding hydrogens is 310 g/mol. The summed E-state index contributed by atoms with van der Waals surface area (Å²) in [6.45, 7) is 1.74. The van der Waals surface area contributed by atoms with Crippen molar-refractivity contribution in [3.05, 3.63) is 41.4 Å². The molecule has 0 radical (unpaired) electrons. The van der Waals surface area contributed by atoms with Gasteiger partial charge >= 0.3 is 5.97 Å². The molecule has 1 unspecified atom stereocenters. The molecule has 8 heteroatoms. The Balaban J connectivity index is 2.00. The number of nitrogens with two attached hydrogens (primary N) is 1. The standard InChI is InChI=1S/C13H13N3O3S2/c1-8(21-9-5-3-2-4-6-9)19-12(17)11(16-18)10-7-20-13(14)15-10/h2-8,18H,1H3,(H2,14,15). The number of aromatic nitrogens is 1. The lowest BCUT2D eigenvalue weighted by molar-refractivity contribution is -0.136. The largest absolute Gasteiger partial charge is 0.446 e. The molecule has 3 N–H and O–H groups in total. The van der Waals surface area contributed by atoms with Crippen LogP contribution in [0.2, 0.25) is 0 Å². The SMILES string of the molecule is CC(OC(=O)C(=NO)c1csc(N)n1)Sc1ccccc1. The Kier molecular flexibility index (Phi) is 5.18. The third kappa shape index (κ3) is 4.20. The fraction of sp³-hybridized carbons (Fsp3) is 0.154. The van der Waals surface area contributed by atoms with E-state index in [4.69, 9.17) is 15.7 Å². The number of thiazole rings is 1. The Hall–Kier alpha value is -2.06. The smallest absolute Gasteiger partial charge is 0.363 e. The van der Waals surface area contributed by atoms with Crippen LogP contribution in [-0.4, -0.2) is 27.3 Å². The van der Waals surface area contributed by atoms with E-state index in [-0.39, 0.29) is 16.5 Å². The van der Waals surface area contributed by atoms with E-state index in [1.54, 1.807) is 6.92 Å². The lowest BCUT2D eigenvalue weighted by Gasteiger charge is -2.12. The third-order valence-electron chi connectivity index (χ3n) is 2.38. The number of hydrogen-bond acceptors (Lipinski definition) is 8. The molecule has 1 aromatic heterocycles. The lowest BCUT2D eigenvalue weighted by atomic mass is 10.3. The molecule has 1 aromatic carbocycles. The Morgan fingerprint density at radius 1 is 1.48 bits per heavy atom. The van der Waals surface area contributed by atoms with Crippen molar-refractivity contribution >= 4 is 39.9 Å². The van der Waals surface area contributed by atoms with Crippen LogP contribution in [0.3, 0.4) is 0 Å². The molecule has 0 bridgehead atoms. The number of rotatable bonds is 5. The zero-order valence-corrected chi connectivity index (χ0v) is 12.7. The van der Waals surface area contributed by atoms with Gasteiger partial charge < -0.3 is 15.7 Å². The summed E-state index contributed by atoms with van der Waals surface area (Å²) >= 11 is 2.53. The molecule has 0 fully saturated rings. The first-order chi connectivity index (χ1) is 10.1. The second-order valence-corrected chi connectivity index (χ2v) is 6.18. The predicted molar refractivity (Wildman–Crippen MR) is 82.7 cm³/mol. The summed E-state index contributed by atoms with van der Waals surface area (Å²) in [6.07, 6.45) is 0. The van der Waals surface area contributed by atoms with E-state index in [2.05, 4.69) is 10.1 Å². The van der Waals surface area contributed by atoms with Gasteiger partial charge in [0.1, 0.15) is 11.1 Å². The number of hydrogen-bond donors (Lipinski definition) is 2. The van der Waals surface area contributed by atoms with Crippen molar-refractivity contribution in [1.82, 2.24) is 4.98 Å². The average Bonchev–Trinajstić information content (AvgIpc) is 2.87. The fourth-order valence-corrected chi connectivity index (χ4v) is 2.90. The molecule has 0 aliphatic rings. The quantitative estimate of drug-likeness (QED) is 0.219. The van der Waals surface area contributed by atoms with Gasteiger partial charge in [0.05, 0.1) is 0 Å². The first kappa shape index (κ1) is 15.3. The molecule has 6 nitrogen and oxygen atoms in total. The molecule has 110 valence electrons. The summed E-state index contributed by atoms with van der Waals surface area (Å²) in [7, 11) is 0. The molecule has 0 aliphatic heterocycles. The van der Waals surface area contributed by atoms with Gasteiger partial charge in [-0.3, -0.25) is 0 Å². The summed E-state index contributed by atoms with van der Waals surface area (Å²) in [4.78, 5) is 16.8. The van der Waals surface area contributed by atoms with E-state index >= 15 is 0 Å². The Morgan fingerprint density at radius 3 is 2.76 bits per heavy atom. The highest BCUT2D eigenvalue weighted by atomic mass is 32.2. The van der Waals surface area contributed by atoms with Crippen LogP contribution in [0.25, 0.3) is 0 Å². The zero-order valence-electron chi connectivity index (χ0n) is 11.1. The maximum absolute atomic E-state index is 12.0. The Bertz CT molecular complexity index is 643. The molecule has 0 aliphatic carbocycles. The highest BCUT2D eigenvalue weighted by Gasteiger charge is 2.22. The van der Waals surface area contributed by atoms with Gasteiger partial charge in [0.25, 0.3) is 0 Å². The first-order valence-corrected chi connectivity index (χ1v) is 7.72. The molecule has 0 spiro atoms. The molecule has 1 atom stereocenters. The van der Waals surface area contributed by atoms with E-state index in [1.165, 1.54) is 17.1 Å². The molecule has 0 saturated carbocycles. The number of benzene rings is 1. The first-order valence-electron chi connectivity index (χ1n) is 5.96. The van der Waals surface area contributed by atoms with Crippen molar-refractivity contribution < 1.29 is 14.7 Å². The van der Waals surface area contributed by atoms with Gasteiger partial charge in [-0.05, 0) is 19.1 Å². The normalized spacial score (nSPS) is 12.9. The van der Waals surface area contributed by atoms with Gasteiger partial charge in [0.15, 0.2) is 5.13 Å². The predicted octanol–water partition coefficient (Wildman–Crippen LogP) is 2.59. The molecule has 0 saturated heterocycles. The van der Waals surface area contributed by atoms with E-state index in [9.17, 15) is 4.79 Å². The summed E-state index contributed by atoms with van der Waals surface area (Å²) in [6, 6.07) is 9.53. The molecule has 1 heterocycles. The van der Waals surface area contributed by atoms with E-state index in [1.807, 2.05) is 30.3 Å². The van der Waals surface area contributed by atoms with Crippen molar-refractivity contribution in [1.29, 1.82) is 0 Å². The maximum atomic E-state index is 12.0. The van der Waals surface area contributed by atoms with Gasteiger partial charge in [-0.15, -0.1) is 11.3 Å². The third-order valence-corrected chi connectivity index (χ3v) is 4.02. The number of thioether (sulfide) groups is 1. The van der Waals surface area contributed by atoms with Crippen LogP contribution < -0.4 is 5.73 Å². The molecule has 0 amide bonds. The summed E-state index contributed by atoms with van der Waals surface area (Å²) in [5.74, 6) is -0.751. The lowest BCUT2D eigenvalue weighted by Crippen LogP contribution is -2.22. The minimum atomic E-state index is -0.751. The van der Waals surface area contributed by atoms with Gasteiger partial charge in [-0.1, -0.05) is 35.1 Å². The topological polar surface area (TPSA) is 97.8 Å². The van der Waals surface area contributed by atoms with Crippen LogP contribution >= 0.6 is 23.1 Å². The van der Waals surface area contributed by atoms with Crippen LogP contribution in [0.15, 0.2) is 45.8 Å². The van der Waals surface area contributed by atoms with Crippen molar-refractivity contribution in [2.75, 3.05) is 5.73 Å². The minimum absolute atomic E-state index is 0.196. The minimum Gasteiger partial charge on any atom is -0.446 e. The number of anilines is 1. The van der Waals surface area contributed by atoms with E-state index in [0.29, 0.717) is 0 Å². The fourth-order valence-electron chi connectivity index (χ4n) is 1.51. The second kappa shape index (κ2) is 7.09. The van der Waals surface area contributed by atoms with Crippen molar-refractivity contribution in [2.45, 2.75) is 17.3 Å². The number of oxime groups is 1. The molecular formula is C13H13N3O3S2. The van der Waals surface area contributed by atoms with Crippen molar-refractivity contribution in [2.24, 2.45) is 5.16 Å². The zero-order chi connectivity index (χ0) is 15.2. The monoisotopic (exact) mass is 323 g/mol. The van der Waals surface area contributed by atoms with E-state index < -0.39 is 11.4 Å². The highest BCUT2D eigenvalue weighted by Crippen LogP contribution is 2.24.